The first-order valence-corrected chi connectivity index (χ1v) is 13.5. The third-order valence-corrected chi connectivity index (χ3v) is 9.24. The van der Waals surface area contributed by atoms with Gasteiger partial charge in [0, 0.05) is 12.6 Å². The van der Waals surface area contributed by atoms with E-state index < -0.39 is 20.0 Å². The van der Waals surface area contributed by atoms with Crippen LogP contribution in [-0.4, -0.2) is 38.5 Å². The lowest BCUT2D eigenvalue weighted by Gasteiger charge is -2.35. The Kier molecular flexibility index (Phi) is 6.32. The van der Waals surface area contributed by atoms with Crippen LogP contribution in [-0.2, 0) is 26.5 Å². The molecule has 4 rings (SSSR count). The van der Waals surface area contributed by atoms with Gasteiger partial charge in [0.1, 0.15) is 0 Å². The summed E-state index contributed by atoms with van der Waals surface area (Å²) < 4.78 is 56.1. The summed E-state index contributed by atoms with van der Waals surface area (Å²) in [5.41, 5.74) is 3.22. The van der Waals surface area contributed by atoms with E-state index in [4.69, 9.17) is 0 Å². The van der Waals surface area contributed by atoms with Crippen LogP contribution in [0.2, 0.25) is 0 Å². The molecule has 0 saturated heterocycles. The predicted molar refractivity (Wildman–Crippen MR) is 128 cm³/mol. The molecule has 1 aliphatic heterocycles. The van der Waals surface area contributed by atoms with Crippen molar-refractivity contribution >= 4 is 20.0 Å². The Morgan fingerprint density at radius 3 is 1.73 bits per heavy atom. The number of hydrogen-bond donors (Lipinski definition) is 0. The summed E-state index contributed by atoms with van der Waals surface area (Å²) >= 11 is 0. The molecule has 3 aromatic carbocycles. The first-order valence-electron chi connectivity index (χ1n) is 10.6. The summed E-state index contributed by atoms with van der Waals surface area (Å²) in [7, 11) is -7.65. The molecule has 0 saturated carbocycles. The first kappa shape index (κ1) is 23.1. The van der Waals surface area contributed by atoms with Crippen molar-refractivity contribution in [1.82, 2.24) is 8.61 Å². The van der Waals surface area contributed by atoms with Gasteiger partial charge in [-0.25, -0.2) is 16.8 Å². The van der Waals surface area contributed by atoms with Crippen molar-refractivity contribution < 1.29 is 16.8 Å². The van der Waals surface area contributed by atoms with Crippen LogP contribution < -0.4 is 0 Å². The van der Waals surface area contributed by atoms with E-state index in [9.17, 15) is 16.8 Å². The summed E-state index contributed by atoms with van der Waals surface area (Å²) in [5.74, 6) is 0. The molecule has 0 aliphatic carbocycles. The van der Waals surface area contributed by atoms with Crippen LogP contribution in [0.4, 0.5) is 0 Å². The van der Waals surface area contributed by atoms with Gasteiger partial charge in [0.15, 0.2) is 0 Å². The lowest BCUT2D eigenvalue weighted by molar-refractivity contribution is 0.381. The van der Waals surface area contributed by atoms with Gasteiger partial charge in [0.25, 0.3) is 20.0 Å². The molecule has 1 aliphatic rings. The van der Waals surface area contributed by atoms with E-state index in [1.807, 2.05) is 44.2 Å². The van der Waals surface area contributed by atoms with Crippen LogP contribution >= 0.6 is 0 Å². The van der Waals surface area contributed by atoms with Crippen molar-refractivity contribution in [3.05, 3.63) is 107 Å². The zero-order chi connectivity index (χ0) is 23.6. The number of aryl methyl sites for hydroxylation is 2. The molecule has 0 N–H and O–H groups in total. The highest BCUT2D eigenvalue weighted by molar-refractivity contribution is 7.89. The van der Waals surface area contributed by atoms with E-state index in [1.54, 1.807) is 48.5 Å². The van der Waals surface area contributed by atoms with Crippen LogP contribution in [0.1, 0.15) is 16.7 Å². The van der Waals surface area contributed by atoms with Gasteiger partial charge in [-0.1, -0.05) is 65.7 Å². The third kappa shape index (κ3) is 4.82. The summed E-state index contributed by atoms with van der Waals surface area (Å²) in [5, 5.41) is 0. The molecule has 0 bridgehead atoms. The Hall–Kier alpha value is -3.10. The Morgan fingerprint density at radius 1 is 0.667 bits per heavy atom. The van der Waals surface area contributed by atoms with E-state index in [-0.39, 0.29) is 29.3 Å². The van der Waals surface area contributed by atoms with Crippen molar-refractivity contribution in [3.63, 3.8) is 0 Å². The van der Waals surface area contributed by atoms with Gasteiger partial charge in [0.05, 0.1) is 28.6 Å². The molecule has 172 valence electrons. The van der Waals surface area contributed by atoms with Gasteiger partial charge in [-0.15, -0.1) is 0 Å². The lowest BCUT2D eigenvalue weighted by atomic mass is 10.1. The second-order valence-electron chi connectivity index (χ2n) is 8.10. The number of benzene rings is 3. The molecule has 0 spiro atoms. The van der Waals surface area contributed by atoms with Gasteiger partial charge in [0.2, 0.25) is 0 Å². The minimum Gasteiger partial charge on any atom is -0.270 e. The fraction of sp³-hybridized carbons (Fsp3) is 0.200. The van der Waals surface area contributed by atoms with E-state index >= 15 is 0 Å². The molecule has 0 fully saturated rings. The molecule has 33 heavy (non-hydrogen) atoms. The van der Waals surface area contributed by atoms with Gasteiger partial charge in [-0.05, 0) is 43.7 Å². The highest BCUT2D eigenvalue weighted by atomic mass is 32.2. The quantitative estimate of drug-likeness (QED) is 0.531. The molecule has 8 heteroatoms. The molecule has 0 amide bonds. The maximum absolute atomic E-state index is 13.5. The highest BCUT2D eigenvalue weighted by Crippen LogP contribution is 2.28. The third-order valence-electron chi connectivity index (χ3n) is 5.60. The molecule has 6 nitrogen and oxygen atoms in total. The van der Waals surface area contributed by atoms with E-state index in [0.29, 0.717) is 5.70 Å². The molecule has 3 aromatic rings. The first-order chi connectivity index (χ1) is 15.7. The van der Waals surface area contributed by atoms with Crippen LogP contribution in [0, 0.1) is 13.8 Å². The normalized spacial score (nSPS) is 14.8. The van der Waals surface area contributed by atoms with Crippen LogP contribution in [0.25, 0.3) is 0 Å². The number of hydrogen-bond acceptors (Lipinski definition) is 4. The molecular formula is C25H26N2O4S2. The fourth-order valence-corrected chi connectivity index (χ4v) is 6.52. The van der Waals surface area contributed by atoms with Crippen LogP contribution in [0.3, 0.4) is 0 Å². The van der Waals surface area contributed by atoms with Crippen molar-refractivity contribution in [3.8, 4) is 0 Å². The van der Waals surface area contributed by atoms with Crippen molar-refractivity contribution in [2.45, 2.75) is 30.1 Å². The Labute approximate surface area is 195 Å². The largest absolute Gasteiger partial charge is 0.270 e. The second-order valence-corrected chi connectivity index (χ2v) is 11.9. The molecule has 0 radical (unpaired) electrons. The SMILES string of the molecule is Cc1ccc(S(=O)(=O)N2C=C(Cc3ccccc3)N(S(=O)(=O)c3ccc(C)cc3)CC2)cc1. The summed E-state index contributed by atoms with van der Waals surface area (Å²) in [6.45, 7) is 3.84. The second kappa shape index (κ2) is 9.03. The maximum atomic E-state index is 13.5. The minimum atomic E-state index is -3.84. The number of rotatable bonds is 6. The average Bonchev–Trinajstić information content (AvgIpc) is 2.80. The Balaban J connectivity index is 1.75. The molecule has 1 heterocycles. The number of allylic oxidation sites excluding steroid dienone is 1. The molecule has 0 aromatic heterocycles. The summed E-state index contributed by atoms with van der Waals surface area (Å²) in [4.78, 5) is 0.361. The van der Waals surface area contributed by atoms with Crippen molar-refractivity contribution in [2.24, 2.45) is 0 Å². The van der Waals surface area contributed by atoms with Gasteiger partial charge in [-0.3, -0.25) is 8.61 Å². The van der Waals surface area contributed by atoms with E-state index in [1.165, 1.54) is 14.8 Å². The van der Waals surface area contributed by atoms with Gasteiger partial charge in [-0.2, -0.15) is 0 Å². The monoisotopic (exact) mass is 482 g/mol. The molecule has 0 unspecified atom stereocenters. The number of sulfonamides is 2. The van der Waals surface area contributed by atoms with Crippen LogP contribution in [0.5, 0.6) is 0 Å². The summed E-state index contributed by atoms with van der Waals surface area (Å²) in [6, 6.07) is 22.7. The molecular weight excluding hydrogens is 456 g/mol. The smallest absolute Gasteiger partial charge is 0.264 e. The fourth-order valence-electron chi connectivity index (χ4n) is 3.71. The average molecular weight is 483 g/mol. The molecule has 0 atom stereocenters. The predicted octanol–water partition coefficient (Wildman–Crippen LogP) is 4.08. The number of nitrogens with zero attached hydrogens (tertiary/aromatic N) is 2. The van der Waals surface area contributed by atoms with E-state index in [2.05, 4.69) is 0 Å². The van der Waals surface area contributed by atoms with Crippen molar-refractivity contribution in [2.75, 3.05) is 13.1 Å². The highest BCUT2D eigenvalue weighted by Gasteiger charge is 2.34. The summed E-state index contributed by atoms with van der Waals surface area (Å²) in [6.07, 6.45) is 1.74. The zero-order valence-corrected chi connectivity index (χ0v) is 20.2. The van der Waals surface area contributed by atoms with Crippen LogP contribution in [0.15, 0.2) is 101 Å². The maximum Gasteiger partial charge on any atom is 0.264 e. The minimum absolute atomic E-state index is 0.0274. The zero-order valence-electron chi connectivity index (χ0n) is 18.5. The van der Waals surface area contributed by atoms with Gasteiger partial charge >= 0.3 is 0 Å². The lowest BCUT2D eigenvalue weighted by Crippen LogP contribution is -2.44. The topological polar surface area (TPSA) is 74.8 Å². The Bertz CT molecular complexity index is 1360. The Morgan fingerprint density at radius 2 is 1.18 bits per heavy atom. The standard InChI is InChI=1S/C25H26N2O4S2/c1-20-8-12-24(13-9-20)32(28,29)26-16-17-27(23(19-26)18-22-6-4-3-5-7-22)33(30,31)25-14-10-21(2)11-15-25/h3-15,19H,16-18H2,1-2H3. The van der Waals surface area contributed by atoms with Gasteiger partial charge < -0.3 is 0 Å². The van der Waals surface area contributed by atoms with E-state index in [0.717, 1.165) is 16.7 Å². The van der Waals surface area contributed by atoms with Crippen molar-refractivity contribution in [1.29, 1.82) is 0 Å².